The molecule has 1 aromatic heterocycles. The van der Waals surface area contributed by atoms with Crippen molar-refractivity contribution in [1.82, 2.24) is 14.7 Å². The Balaban J connectivity index is 1.58. The molecule has 0 aliphatic heterocycles. The number of benzene rings is 2. The van der Waals surface area contributed by atoms with Crippen LogP contribution in [-0.2, 0) is 16.4 Å². The highest BCUT2D eigenvalue weighted by Crippen LogP contribution is 2.12. The molecule has 0 aliphatic rings. The lowest BCUT2D eigenvalue weighted by Gasteiger charge is -2.15. The summed E-state index contributed by atoms with van der Waals surface area (Å²) in [6.45, 7) is 1.12. The Kier molecular flexibility index (Phi) is 5.31. The fraction of sp³-hybridized carbons (Fsp3) is 0.211. The minimum atomic E-state index is -3.25. The van der Waals surface area contributed by atoms with E-state index in [1.807, 2.05) is 65.4 Å². The Morgan fingerprint density at radius 3 is 2.32 bits per heavy atom. The molecule has 0 amide bonds. The maximum absolute atomic E-state index is 12.3. The average Bonchev–Trinajstić information content (AvgIpc) is 3.10. The number of rotatable bonds is 7. The molecule has 0 saturated heterocycles. The van der Waals surface area contributed by atoms with Gasteiger partial charge in [0.15, 0.2) is 9.84 Å². The van der Waals surface area contributed by atoms with Crippen LogP contribution < -0.4 is 0 Å². The van der Waals surface area contributed by atoms with Gasteiger partial charge >= 0.3 is 0 Å². The van der Waals surface area contributed by atoms with Gasteiger partial charge in [-0.05, 0) is 31.3 Å². The number of hydrogen-bond donors (Lipinski definition) is 0. The molecular weight excluding hydrogens is 334 g/mol. The summed E-state index contributed by atoms with van der Waals surface area (Å²) in [5, 5.41) is 4.37. The fourth-order valence-corrected chi connectivity index (χ4v) is 3.94. The van der Waals surface area contributed by atoms with Crippen LogP contribution in [0.2, 0.25) is 0 Å². The van der Waals surface area contributed by atoms with Crippen LogP contribution in [0.3, 0.4) is 0 Å². The molecule has 3 aromatic rings. The molecule has 1 heterocycles. The van der Waals surface area contributed by atoms with Gasteiger partial charge in [-0.1, -0.05) is 36.4 Å². The molecule has 130 valence electrons. The standard InChI is InChI=1S/C19H21N3O2S/c1-21(12-13-25(23,24)19-10-6-3-7-11-19)15-17-14-20-22(16-17)18-8-4-2-5-9-18/h2-11,14,16H,12-13,15H2,1H3. The van der Waals surface area contributed by atoms with Gasteiger partial charge in [-0.3, -0.25) is 0 Å². The van der Waals surface area contributed by atoms with Crippen molar-refractivity contribution < 1.29 is 8.42 Å². The first-order valence-electron chi connectivity index (χ1n) is 8.10. The minimum absolute atomic E-state index is 0.0976. The van der Waals surface area contributed by atoms with E-state index in [9.17, 15) is 8.42 Å². The van der Waals surface area contributed by atoms with Gasteiger partial charge in [0.05, 0.1) is 22.5 Å². The van der Waals surface area contributed by atoms with E-state index in [4.69, 9.17) is 0 Å². The highest BCUT2D eigenvalue weighted by Gasteiger charge is 2.15. The van der Waals surface area contributed by atoms with Crippen molar-refractivity contribution in [1.29, 1.82) is 0 Å². The summed E-state index contributed by atoms with van der Waals surface area (Å²) < 4.78 is 26.5. The largest absolute Gasteiger partial charge is 0.301 e. The predicted octanol–water partition coefficient (Wildman–Crippen LogP) is 2.78. The van der Waals surface area contributed by atoms with E-state index in [2.05, 4.69) is 5.10 Å². The summed E-state index contributed by atoms with van der Waals surface area (Å²) in [4.78, 5) is 2.37. The summed E-state index contributed by atoms with van der Waals surface area (Å²) in [7, 11) is -1.33. The number of para-hydroxylation sites is 1. The molecule has 0 radical (unpaired) electrons. The SMILES string of the molecule is CN(CCS(=O)(=O)c1ccccc1)Cc1cnn(-c2ccccc2)c1. The molecule has 2 aromatic carbocycles. The second-order valence-corrected chi connectivity index (χ2v) is 8.11. The molecule has 6 heteroatoms. The number of sulfone groups is 1. The van der Waals surface area contributed by atoms with Crippen LogP contribution in [-0.4, -0.2) is 42.4 Å². The summed E-state index contributed by atoms with van der Waals surface area (Å²) >= 11 is 0. The third-order valence-corrected chi connectivity index (χ3v) is 5.66. The van der Waals surface area contributed by atoms with Gasteiger partial charge in [0.25, 0.3) is 0 Å². The molecule has 3 rings (SSSR count). The number of nitrogens with zero attached hydrogens (tertiary/aromatic N) is 3. The van der Waals surface area contributed by atoms with Gasteiger partial charge in [-0.15, -0.1) is 0 Å². The fourth-order valence-electron chi connectivity index (χ4n) is 2.58. The Labute approximate surface area is 148 Å². The Bertz CT molecular complexity index is 906. The van der Waals surface area contributed by atoms with Crippen molar-refractivity contribution in [3.8, 4) is 5.69 Å². The van der Waals surface area contributed by atoms with Crippen LogP contribution >= 0.6 is 0 Å². The second-order valence-electron chi connectivity index (χ2n) is 6.00. The van der Waals surface area contributed by atoms with Gasteiger partial charge < -0.3 is 4.90 Å². The van der Waals surface area contributed by atoms with Crippen molar-refractivity contribution in [3.63, 3.8) is 0 Å². The van der Waals surface area contributed by atoms with Gasteiger partial charge in [0, 0.05) is 24.8 Å². The maximum atomic E-state index is 12.3. The highest BCUT2D eigenvalue weighted by atomic mass is 32.2. The van der Waals surface area contributed by atoms with Crippen LogP contribution in [0.25, 0.3) is 5.69 Å². The van der Waals surface area contributed by atoms with Crippen LogP contribution in [0.4, 0.5) is 0 Å². The first-order valence-corrected chi connectivity index (χ1v) is 9.75. The average molecular weight is 355 g/mol. The molecule has 0 fully saturated rings. The zero-order valence-electron chi connectivity index (χ0n) is 14.1. The monoisotopic (exact) mass is 355 g/mol. The maximum Gasteiger partial charge on any atom is 0.179 e. The molecule has 0 aliphatic carbocycles. The molecule has 5 nitrogen and oxygen atoms in total. The van der Waals surface area contributed by atoms with Crippen LogP contribution in [0.5, 0.6) is 0 Å². The Morgan fingerprint density at radius 1 is 1.00 bits per heavy atom. The van der Waals surface area contributed by atoms with E-state index in [0.29, 0.717) is 18.0 Å². The topological polar surface area (TPSA) is 55.2 Å². The van der Waals surface area contributed by atoms with Crippen molar-refractivity contribution in [2.75, 3.05) is 19.3 Å². The van der Waals surface area contributed by atoms with Crippen LogP contribution in [0.15, 0.2) is 78.0 Å². The van der Waals surface area contributed by atoms with E-state index in [0.717, 1.165) is 11.3 Å². The number of hydrogen-bond acceptors (Lipinski definition) is 4. The predicted molar refractivity (Wildman–Crippen MR) is 98.4 cm³/mol. The van der Waals surface area contributed by atoms with Gasteiger partial charge in [0.2, 0.25) is 0 Å². The molecule has 0 spiro atoms. The molecule has 25 heavy (non-hydrogen) atoms. The Hall–Kier alpha value is -2.44. The minimum Gasteiger partial charge on any atom is -0.301 e. The lowest BCUT2D eigenvalue weighted by Crippen LogP contribution is -2.25. The quantitative estimate of drug-likeness (QED) is 0.654. The van der Waals surface area contributed by atoms with E-state index >= 15 is 0 Å². The summed E-state index contributed by atoms with van der Waals surface area (Å²) in [6.07, 6.45) is 3.78. The molecule has 0 N–H and O–H groups in total. The third kappa shape index (κ3) is 4.55. The van der Waals surface area contributed by atoms with Gasteiger partial charge in [-0.25, -0.2) is 13.1 Å². The van der Waals surface area contributed by atoms with Crippen molar-refractivity contribution in [3.05, 3.63) is 78.6 Å². The molecule has 0 unspecified atom stereocenters. The summed E-state index contributed by atoms with van der Waals surface area (Å²) in [5.74, 6) is 0.0976. The smallest absolute Gasteiger partial charge is 0.179 e. The molecular formula is C19H21N3O2S. The lowest BCUT2D eigenvalue weighted by atomic mass is 10.3. The van der Waals surface area contributed by atoms with Crippen molar-refractivity contribution >= 4 is 9.84 Å². The highest BCUT2D eigenvalue weighted by molar-refractivity contribution is 7.91. The third-order valence-electron chi connectivity index (χ3n) is 3.95. The van der Waals surface area contributed by atoms with E-state index in [1.165, 1.54) is 0 Å². The molecule has 0 bridgehead atoms. The van der Waals surface area contributed by atoms with E-state index in [-0.39, 0.29) is 5.75 Å². The van der Waals surface area contributed by atoms with Gasteiger partial charge in [0.1, 0.15) is 0 Å². The normalized spacial score (nSPS) is 11.8. The summed E-state index contributed by atoms with van der Waals surface area (Å²) in [6, 6.07) is 18.5. The van der Waals surface area contributed by atoms with Crippen molar-refractivity contribution in [2.24, 2.45) is 0 Å². The van der Waals surface area contributed by atoms with Crippen molar-refractivity contribution in [2.45, 2.75) is 11.4 Å². The van der Waals surface area contributed by atoms with Gasteiger partial charge in [-0.2, -0.15) is 5.10 Å². The zero-order valence-corrected chi connectivity index (χ0v) is 14.9. The Morgan fingerprint density at radius 2 is 1.64 bits per heavy atom. The second kappa shape index (κ2) is 7.63. The van der Waals surface area contributed by atoms with Crippen LogP contribution in [0.1, 0.15) is 5.56 Å². The molecule has 0 saturated carbocycles. The summed E-state index contributed by atoms with van der Waals surface area (Å²) in [5.41, 5.74) is 2.05. The first-order chi connectivity index (χ1) is 12.0. The first kappa shape index (κ1) is 17.4. The lowest BCUT2D eigenvalue weighted by molar-refractivity contribution is 0.346. The van der Waals surface area contributed by atoms with E-state index < -0.39 is 9.84 Å². The number of aromatic nitrogens is 2. The zero-order chi connectivity index (χ0) is 17.7. The molecule has 0 atom stereocenters. The van der Waals surface area contributed by atoms with E-state index in [1.54, 1.807) is 24.3 Å². The van der Waals surface area contributed by atoms with Crippen LogP contribution in [0, 0.1) is 0 Å².